The van der Waals surface area contributed by atoms with Crippen molar-refractivity contribution in [3.63, 3.8) is 0 Å². The summed E-state index contributed by atoms with van der Waals surface area (Å²) in [5.74, 6) is 0.949. The maximum atomic E-state index is 13.5. The lowest BCUT2D eigenvalue weighted by molar-refractivity contribution is 0.0748. The molecule has 2 unspecified atom stereocenters. The summed E-state index contributed by atoms with van der Waals surface area (Å²) >= 11 is 0. The van der Waals surface area contributed by atoms with Crippen molar-refractivity contribution < 1.29 is 18.7 Å². The number of nitrogens with two attached hydrogens (primary N) is 1. The lowest BCUT2D eigenvalue weighted by atomic mass is 9.95. The van der Waals surface area contributed by atoms with E-state index in [1.807, 2.05) is 26.0 Å². The van der Waals surface area contributed by atoms with Gasteiger partial charge in [-0.15, -0.1) is 5.10 Å². The minimum absolute atomic E-state index is 0.0545. The molecule has 200 valence electrons. The topological polar surface area (TPSA) is 121 Å². The number of methoxy groups -OCH3 is 1. The Balaban J connectivity index is 1.17. The fraction of sp³-hybridized carbons (Fsp3) is 0.321. The molecule has 3 aromatic heterocycles. The second kappa shape index (κ2) is 9.42. The monoisotopic (exact) mass is 529 g/mol. The Morgan fingerprint density at radius 3 is 2.44 bits per heavy atom. The number of amides is 1. The number of fused-ring (bicyclic) bond motifs is 1. The zero-order valence-corrected chi connectivity index (χ0v) is 21.8. The molecule has 1 aliphatic heterocycles. The first-order valence-corrected chi connectivity index (χ1v) is 12.7. The number of ether oxygens (including phenoxy) is 2. The van der Waals surface area contributed by atoms with Gasteiger partial charge in [-0.05, 0) is 55.8 Å². The van der Waals surface area contributed by atoms with Gasteiger partial charge in [0, 0.05) is 54.5 Å². The number of halogens is 1. The fourth-order valence-electron chi connectivity index (χ4n) is 5.00. The fourth-order valence-corrected chi connectivity index (χ4v) is 5.00. The summed E-state index contributed by atoms with van der Waals surface area (Å²) in [7, 11) is 1.48. The number of hydrogen-bond acceptors (Lipinski definition) is 8. The molecule has 0 spiro atoms. The molecule has 0 radical (unpaired) electrons. The third-order valence-electron chi connectivity index (χ3n) is 7.21. The third kappa shape index (κ3) is 4.81. The zero-order valence-electron chi connectivity index (χ0n) is 21.8. The van der Waals surface area contributed by atoms with Crippen LogP contribution in [0.1, 0.15) is 29.8 Å². The summed E-state index contributed by atoms with van der Waals surface area (Å²) < 4.78 is 26.6. The van der Waals surface area contributed by atoms with Gasteiger partial charge in [-0.1, -0.05) is 0 Å². The van der Waals surface area contributed by atoms with E-state index in [1.165, 1.54) is 23.9 Å². The molecule has 6 rings (SSSR count). The number of carbonyl (C=O) groups is 1. The van der Waals surface area contributed by atoms with Gasteiger partial charge in [0.15, 0.2) is 0 Å². The molecule has 2 fully saturated rings. The van der Waals surface area contributed by atoms with Crippen molar-refractivity contribution >= 4 is 5.91 Å². The number of nitrogens with zero attached hydrogens (tertiary/aromatic N) is 6. The number of pyridine rings is 1. The van der Waals surface area contributed by atoms with Crippen LogP contribution < -0.4 is 15.2 Å². The largest absolute Gasteiger partial charge is 0.479 e. The Hall–Kier alpha value is -4.38. The zero-order chi connectivity index (χ0) is 27.3. The van der Waals surface area contributed by atoms with Crippen LogP contribution in [-0.4, -0.2) is 61.8 Å². The summed E-state index contributed by atoms with van der Waals surface area (Å²) in [5.41, 5.74) is 8.43. The number of likely N-dealkylation sites (tertiary alicyclic amines) is 1. The van der Waals surface area contributed by atoms with Crippen LogP contribution in [0.5, 0.6) is 11.8 Å². The van der Waals surface area contributed by atoms with Crippen LogP contribution in [0.2, 0.25) is 0 Å². The van der Waals surface area contributed by atoms with Crippen LogP contribution in [0.15, 0.2) is 61.1 Å². The van der Waals surface area contributed by atoms with E-state index in [0.717, 1.165) is 11.1 Å². The van der Waals surface area contributed by atoms with Crippen molar-refractivity contribution in [1.29, 1.82) is 0 Å². The molecule has 1 saturated heterocycles. The highest BCUT2D eigenvalue weighted by Gasteiger charge is 2.59. The molecule has 10 nitrogen and oxygen atoms in total. The Morgan fingerprint density at radius 1 is 1.10 bits per heavy atom. The highest BCUT2D eigenvalue weighted by Crippen LogP contribution is 2.48. The van der Waals surface area contributed by atoms with Gasteiger partial charge in [0.05, 0.1) is 19.0 Å². The van der Waals surface area contributed by atoms with Gasteiger partial charge in [0.1, 0.15) is 17.5 Å². The van der Waals surface area contributed by atoms with Gasteiger partial charge in [-0.25, -0.2) is 24.0 Å². The maximum Gasteiger partial charge on any atom is 0.261 e. The van der Waals surface area contributed by atoms with Crippen molar-refractivity contribution in [3.05, 3.63) is 78.0 Å². The quantitative estimate of drug-likeness (QED) is 0.387. The summed E-state index contributed by atoms with van der Waals surface area (Å²) in [6.07, 6.45) is 4.75. The molecule has 3 atom stereocenters. The predicted octanol–water partition coefficient (Wildman–Crippen LogP) is 3.22. The van der Waals surface area contributed by atoms with Gasteiger partial charge < -0.3 is 20.1 Å². The second-order valence-corrected chi connectivity index (χ2v) is 10.5. The van der Waals surface area contributed by atoms with Gasteiger partial charge in [0.2, 0.25) is 11.8 Å². The van der Waals surface area contributed by atoms with E-state index in [4.69, 9.17) is 20.2 Å². The molecule has 0 bridgehead atoms. The predicted molar refractivity (Wildman–Crippen MR) is 140 cm³/mol. The van der Waals surface area contributed by atoms with Crippen molar-refractivity contribution in [2.24, 2.45) is 17.6 Å². The van der Waals surface area contributed by atoms with E-state index < -0.39 is 5.54 Å². The van der Waals surface area contributed by atoms with E-state index in [2.05, 4.69) is 15.1 Å². The highest BCUT2D eigenvalue weighted by molar-refractivity contribution is 5.96. The van der Waals surface area contributed by atoms with Crippen LogP contribution in [0.25, 0.3) is 17.2 Å². The van der Waals surface area contributed by atoms with Crippen LogP contribution >= 0.6 is 0 Å². The van der Waals surface area contributed by atoms with Crippen LogP contribution in [0.3, 0.4) is 0 Å². The number of carbonyl (C=O) groups excluding carboxylic acids is 1. The SMILES string of the molecule is COc1nn(-c2ncccn2)cc1C(=O)N1CC2C(Oc3cc(C(C)(C)N)cc(-c4ccc(F)cc4)n3)[C@@H]2C1. The highest BCUT2D eigenvalue weighted by atomic mass is 19.1. The smallest absolute Gasteiger partial charge is 0.261 e. The standard InChI is InChI=1S/C28H28FN7O3/c1-28(2,30)17-11-22(16-5-7-18(29)8-6-16)33-23(12-17)39-24-19-13-35(14-20(19)24)26(37)21-15-36(34-25(21)38-3)27-31-9-4-10-32-27/h4-12,15,19-20,24H,13-14,30H2,1-3H3/t19-,20?,24?/m1/s1. The van der Waals surface area contributed by atoms with Gasteiger partial charge >= 0.3 is 0 Å². The molecule has 1 saturated carbocycles. The van der Waals surface area contributed by atoms with E-state index >= 15 is 0 Å². The van der Waals surface area contributed by atoms with Crippen LogP contribution in [-0.2, 0) is 5.54 Å². The minimum Gasteiger partial charge on any atom is -0.479 e. The molecule has 11 heteroatoms. The normalized spacial score (nSPS) is 20.0. The van der Waals surface area contributed by atoms with Crippen LogP contribution in [0.4, 0.5) is 4.39 Å². The molecule has 1 aliphatic carbocycles. The van der Waals surface area contributed by atoms with Gasteiger partial charge in [-0.3, -0.25) is 4.79 Å². The maximum absolute atomic E-state index is 13.5. The number of aromatic nitrogens is 5. The lowest BCUT2D eigenvalue weighted by Gasteiger charge is -2.22. The van der Waals surface area contributed by atoms with Gasteiger partial charge in [-0.2, -0.15) is 0 Å². The van der Waals surface area contributed by atoms with E-state index in [9.17, 15) is 9.18 Å². The molecule has 1 amide bonds. The summed E-state index contributed by atoms with van der Waals surface area (Å²) in [5, 5.41) is 4.32. The number of piperidine rings is 1. The molecule has 2 aliphatic rings. The number of benzene rings is 1. The van der Waals surface area contributed by atoms with E-state index in [1.54, 1.807) is 41.7 Å². The first kappa shape index (κ1) is 24.9. The molecule has 1 aromatic carbocycles. The Labute approximate surface area is 224 Å². The Kier molecular flexibility index (Phi) is 6.02. The van der Waals surface area contributed by atoms with Crippen molar-refractivity contribution in [2.75, 3.05) is 20.2 Å². The average molecular weight is 530 g/mol. The molecule has 2 N–H and O–H groups in total. The summed E-state index contributed by atoms with van der Waals surface area (Å²) in [4.78, 5) is 28.2. The van der Waals surface area contributed by atoms with Crippen molar-refractivity contribution in [3.8, 4) is 29.0 Å². The summed E-state index contributed by atoms with van der Waals surface area (Å²) in [6.45, 7) is 4.93. The lowest BCUT2D eigenvalue weighted by Crippen LogP contribution is -2.33. The van der Waals surface area contributed by atoms with Crippen molar-refractivity contribution in [1.82, 2.24) is 29.6 Å². The first-order valence-electron chi connectivity index (χ1n) is 12.7. The molecule has 39 heavy (non-hydrogen) atoms. The van der Waals surface area contributed by atoms with E-state index in [-0.39, 0.29) is 35.5 Å². The van der Waals surface area contributed by atoms with Gasteiger partial charge in [0.25, 0.3) is 11.9 Å². The first-order chi connectivity index (χ1) is 18.7. The van der Waals surface area contributed by atoms with Crippen molar-refractivity contribution in [2.45, 2.75) is 25.5 Å². The Bertz CT molecular complexity index is 1510. The number of rotatable bonds is 7. The molecular weight excluding hydrogens is 501 g/mol. The van der Waals surface area contributed by atoms with Crippen LogP contribution in [0, 0.1) is 17.7 Å². The molecular formula is C28H28FN7O3. The minimum atomic E-state index is -0.618. The summed E-state index contributed by atoms with van der Waals surface area (Å²) in [6, 6.07) is 11.6. The van der Waals surface area contributed by atoms with E-state index in [0.29, 0.717) is 36.2 Å². The average Bonchev–Trinajstić information content (AvgIpc) is 3.28. The number of hydrogen-bond donors (Lipinski definition) is 1. The Morgan fingerprint density at radius 2 is 1.79 bits per heavy atom. The third-order valence-corrected chi connectivity index (χ3v) is 7.21. The molecule has 4 heterocycles. The second-order valence-electron chi connectivity index (χ2n) is 10.5. The molecule has 4 aromatic rings.